The molecule has 1 aliphatic rings. The predicted octanol–water partition coefficient (Wildman–Crippen LogP) is 5.60. The predicted molar refractivity (Wildman–Crippen MR) is 116 cm³/mol. The first-order valence-corrected chi connectivity index (χ1v) is 10.8. The minimum Gasteiger partial charge on any atom is -0.443 e. The van der Waals surface area contributed by atoms with E-state index in [0.29, 0.717) is 12.5 Å². The number of halogens is 1. The molecule has 0 aromatic carbocycles. The fourth-order valence-corrected chi connectivity index (χ4v) is 3.55. The van der Waals surface area contributed by atoms with Crippen LogP contribution in [0.3, 0.4) is 0 Å². The molecule has 7 heteroatoms. The van der Waals surface area contributed by atoms with Crippen LogP contribution in [0.2, 0.25) is 0 Å². The maximum absolute atomic E-state index is 13.0. The van der Waals surface area contributed by atoms with E-state index in [-0.39, 0.29) is 6.09 Å². The summed E-state index contributed by atoms with van der Waals surface area (Å²) in [5.41, 5.74) is 1.97. The number of carbonyl (C=O) groups excluding carboxylic acids is 1. The summed E-state index contributed by atoms with van der Waals surface area (Å²) in [6.07, 6.45) is 5.31. The van der Waals surface area contributed by atoms with E-state index in [0.717, 1.165) is 47.6 Å². The van der Waals surface area contributed by atoms with E-state index in [2.05, 4.69) is 20.9 Å². The second kappa shape index (κ2) is 9.74. The fourth-order valence-electron chi connectivity index (χ4n) is 3.13. The average molecular weight is 454 g/mol. The normalized spacial score (nSPS) is 15.1. The van der Waals surface area contributed by atoms with Crippen LogP contribution in [0.4, 0.5) is 10.5 Å². The van der Waals surface area contributed by atoms with Crippen molar-refractivity contribution in [1.29, 1.82) is 0 Å². The van der Waals surface area contributed by atoms with Crippen LogP contribution in [0.25, 0.3) is 5.65 Å². The summed E-state index contributed by atoms with van der Waals surface area (Å²) in [4.78, 5) is 19.3. The Morgan fingerprint density at radius 2 is 2.00 bits per heavy atom. The van der Waals surface area contributed by atoms with Gasteiger partial charge in [0.15, 0.2) is 5.65 Å². The van der Waals surface area contributed by atoms with Gasteiger partial charge >= 0.3 is 6.09 Å². The van der Waals surface area contributed by atoms with Gasteiger partial charge in [-0.1, -0.05) is 13.8 Å². The van der Waals surface area contributed by atoms with Gasteiger partial charge in [-0.2, -0.15) is 0 Å². The molecular weight excluding hydrogens is 422 g/mol. The van der Waals surface area contributed by atoms with Gasteiger partial charge in [0.1, 0.15) is 5.60 Å². The van der Waals surface area contributed by atoms with Crippen molar-refractivity contribution in [2.45, 2.75) is 60.0 Å². The molecule has 156 valence electrons. The maximum Gasteiger partial charge on any atom is 0.414 e. The molecule has 2 aromatic rings. The summed E-state index contributed by atoms with van der Waals surface area (Å²) in [5.74, 6) is 0.381. The van der Waals surface area contributed by atoms with Gasteiger partial charge in [0.05, 0.1) is 5.69 Å². The van der Waals surface area contributed by atoms with Crippen molar-refractivity contribution >= 4 is 33.4 Å². The Labute approximate surface area is 176 Å². The number of fused-ring (bicyclic) bond motifs is 1. The standard InChI is InChI=1S/C19H26BrN3O3.C2H6/c1-13-10-21-17-16(9-15(20)12-22(13)17)23(18(24)26-19(2,3)4)11-14-5-7-25-8-6-14;1-2/h9-10,12,14H,5-8,11H2,1-4H3;1-2H3. The molecule has 0 aliphatic carbocycles. The van der Waals surface area contributed by atoms with E-state index >= 15 is 0 Å². The Bertz CT molecular complexity index is 792. The highest BCUT2D eigenvalue weighted by Gasteiger charge is 2.29. The molecule has 28 heavy (non-hydrogen) atoms. The third-order valence-corrected chi connectivity index (χ3v) is 4.86. The number of aryl methyl sites for hydroxylation is 1. The molecule has 0 radical (unpaired) electrons. The molecule has 3 heterocycles. The number of ether oxygens (including phenoxy) is 2. The molecule has 1 fully saturated rings. The van der Waals surface area contributed by atoms with Gasteiger partial charge in [0, 0.05) is 42.3 Å². The Balaban J connectivity index is 0.00000136. The molecule has 0 atom stereocenters. The molecule has 1 saturated heterocycles. The van der Waals surface area contributed by atoms with Crippen LogP contribution in [0.5, 0.6) is 0 Å². The zero-order chi connectivity index (χ0) is 20.9. The topological polar surface area (TPSA) is 56.1 Å². The highest BCUT2D eigenvalue weighted by atomic mass is 79.9. The van der Waals surface area contributed by atoms with Crippen molar-refractivity contribution in [3.05, 3.63) is 28.6 Å². The summed E-state index contributed by atoms with van der Waals surface area (Å²) in [7, 11) is 0. The van der Waals surface area contributed by atoms with Crippen LogP contribution in [-0.2, 0) is 9.47 Å². The molecule has 0 N–H and O–H groups in total. The minimum absolute atomic E-state index is 0.343. The number of aromatic nitrogens is 2. The lowest BCUT2D eigenvalue weighted by Gasteiger charge is -2.32. The average Bonchev–Trinajstić information content (AvgIpc) is 3.01. The lowest BCUT2D eigenvalue weighted by Crippen LogP contribution is -2.41. The fraction of sp³-hybridized carbons (Fsp3) is 0.619. The van der Waals surface area contributed by atoms with E-state index in [1.54, 1.807) is 4.90 Å². The summed E-state index contributed by atoms with van der Waals surface area (Å²) in [6.45, 7) is 13.7. The molecule has 0 spiro atoms. The molecule has 2 aromatic heterocycles. The van der Waals surface area contributed by atoms with Crippen LogP contribution in [-0.4, -0.2) is 40.8 Å². The molecule has 6 nitrogen and oxygen atoms in total. The molecule has 1 aliphatic heterocycles. The summed E-state index contributed by atoms with van der Waals surface area (Å²) in [6, 6.07) is 1.94. The number of imidazole rings is 1. The number of rotatable bonds is 3. The quantitative estimate of drug-likeness (QED) is 0.606. The highest BCUT2D eigenvalue weighted by molar-refractivity contribution is 9.10. The van der Waals surface area contributed by atoms with E-state index in [9.17, 15) is 4.79 Å². The SMILES string of the molecule is CC.Cc1cnc2c(N(CC3CCOCC3)C(=O)OC(C)(C)C)cc(Br)cn12. The largest absolute Gasteiger partial charge is 0.443 e. The van der Waals surface area contributed by atoms with E-state index < -0.39 is 5.60 Å². The van der Waals surface area contributed by atoms with Crippen LogP contribution in [0.1, 0.15) is 53.2 Å². The van der Waals surface area contributed by atoms with Crippen LogP contribution in [0, 0.1) is 12.8 Å². The third kappa shape index (κ3) is 5.70. The van der Waals surface area contributed by atoms with Crippen molar-refractivity contribution < 1.29 is 14.3 Å². The van der Waals surface area contributed by atoms with Crippen molar-refractivity contribution in [2.75, 3.05) is 24.7 Å². The smallest absolute Gasteiger partial charge is 0.414 e. The number of hydrogen-bond acceptors (Lipinski definition) is 4. The first-order valence-electron chi connectivity index (χ1n) is 9.96. The van der Waals surface area contributed by atoms with Crippen molar-refractivity contribution in [2.24, 2.45) is 5.92 Å². The first-order chi connectivity index (χ1) is 13.2. The van der Waals surface area contributed by atoms with E-state index in [1.807, 2.05) is 64.4 Å². The van der Waals surface area contributed by atoms with Crippen molar-refractivity contribution in [3.63, 3.8) is 0 Å². The number of anilines is 1. The van der Waals surface area contributed by atoms with Gasteiger partial charge in [0.25, 0.3) is 0 Å². The Hall–Kier alpha value is -1.60. The van der Waals surface area contributed by atoms with Crippen molar-refractivity contribution in [1.82, 2.24) is 9.38 Å². The van der Waals surface area contributed by atoms with Crippen LogP contribution in [0.15, 0.2) is 22.9 Å². The maximum atomic E-state index is 13.0. The zero-order valence-corrected chi connectivity index (χ0v) is 19.4. The second-order valence-corrected chi connectivity index (χ2v) is 8.70. The third-order valence-electron chi connectivity index (χ3n) is 4.42. The Morgan fingerprint density at radius 1 is 1.36 bits per heavy atom. The highest BCUT2D eigenvalue weighted by Crippen LogP contribution is 2.30. The first kappa shape index (κ1) is 22.7. The van der Waals surface area contributed by atoms with Gasteiger partial charge in [-0.3, -0.25) is 4.90 Å². The molecule has 0 unspecified atom stereocenters. The summed E-state index contributed by atoms with van der Waals surface area (Å²) in [5, 5.41) is 0. The number of pyridine rings is 1. The van der Waals surface area contributed by atoms with Gasteiger partial charge < -0.3 is 13.9 Å². The van der Waals surface area contributed by atoms with Gasteiger partial charge in [0.2, 0.25) is 0 Å². The van der Waals surface area contributed by atoms with Crippen LogP contribution >= 0.6 is 15.9 Å². The molecule has 0 saturated carbocycles. The van der Waals surface area contributed by atoms with Crippen molar-refractivity contribution in [3.8, 4) is 0 Å². The van der Waals surface area contributed by atoms with E-state index in [4.69, 9.17) is 9.47 Å². The number of nitrogens with zero attached hydrogens (tertiary/aromatic N) is 3. The number of hydrogen-bond donors (Lipinski definition) is 0. The molecule has 0 bridgehead atoms. The van der Waals surface area contributed by atoms with Gasteiger partial charge in [-0.05, 0) is 68.5 Å². The lowest BCUT2D eigenvalue weighted by molar-refractivity contribution is 0.0515. The summed E-state index contributed by atoms with van der Waals surface area (Å²) >= 11 is 3.56. The van der Waals surface area contributed by atoms with E-state index in [1.165, 1.54) is 0 Å². The minimum atomic E-state index is -0.557. The van der Waals surface area contributed by atoms with Gasteiger partial charge in [-0.25, -0.2) is 9.78 Å². The zero-order valence-electron chi connectivity index (χ0n) is 17.8. The lowest BCUT2D eigenvalue weighted by atomic mass is 9.99. The van der Waals surface area contributed by atoms with Crippen LogP contribution < -0.4 is 4.90 Å². The Kier molecular flexibility index (Phi) is 7.89. The summed E-state index contributed by atoms with van der Waals surface area (Å²) < 4.78 is 14.0. The molecule has 1 amide bonds. The van der Waals surface area contributed by atoms with Gasteiger partial charge in [-0.15, -0.1) is 0 Å². The monoisotopic (exact) mass is 453 g/mol. The molecule has 3 rings (SSSR count). The Morgan fingerprint density at radius 3 is 2.61 bits per heavy atom. The second-order valence-electron chi connectivity index (χ2n) is 7.78. The number of carbonyl (C=O) groups is 1. The molecular formula is C21H32BrN3O3. The number of amides is 1.